The molecule has 3 rings (SSSR count). The molecule has 0 bridgehead atoms. The zero-order valence-electron chi connectivity index (χ0n) is 16.2. The Balaban J connectivity index is 1.70. The van der Waals surface area contributed by atoms with E-state index in [4.69, 9.17) is 10.00 Å². The van der Waals surface area contributed by atoms with Crippen molar-refractivity contribution in [2.45, 2.75) is 45.6 Å². The van der Waals surface area contributed by atoms with E-state index in [1.807, 2.05) is 24.3 Å². The second-order valence-corrected chi connectivity index (χ2v) is 8.32. The topological polar surface area (TPSA) is 70.4 Å². The molecule has 0 fully saturated rings. The number of fused-ring (bicyclic) bond motifs is 1. The summed E-state index contributed by atoms with van der Waals surface area (Å²) in [6, 6.07) is 13.1. The molecule has 1 aromatic heterocycles. The minimum Gasteiger partial charge on any atom is -0.448 e. The van der Waals surface area contributed by atoms with Crippen LogP contribution in [-0.2, 0) is 22.4 Å². The number of nitrogens with zero attached hydrogens (tertiary/aromatic N) is 2. The van der Waals surface area contributed by atoms with Crippen LogP contribution in [0.1, 0.15) is 46.8 Å². The number of para-hydroxylation sites is 1. The predicted molar refractivity (Wildman–Crippen MR) is 109 cm³/mol. The number of carbonyl (C=O) groups excluding carboxylic acids is 2. The van der Waals surface area contributed by atoms with Crippen molar-refractivity contribution in [1.29, 1.82) is 5.26 Å². The summed E-state index contributed by atoms with van der Waals surface area (Å²) in [5.74, 6) is -0.156. The lowest BCUT2D eigenvalue weighted by molar-refractivity contribution is -0.126. The van der Waals surface area contributed by atoms with E-state index >= 15 is 0 Å². The van der Waals surface area contributed by atoms with E-state index in [2.05, 4.69) is 13.0 Å². The Morgan fingerprint density at radius 3 is 2.82 bits per heavy atom. The number of hydrogen-bond acceptors (Lipinski definition) is 5. The van der Waals surface area contributed by atoms with Gasteiger partial charge in [-0.25, -0.2) is 4.79 Å². The SMILES string of the molecule is C[C@@H]1CCc2sc(C(=O)O[C@H](C)C(=O)N(CCC#N)c3ccccc3)cc2C1. The number of carbonyl (C=O) groups is 2. The maximum Gasteiger partial charge on any atom is 0.349 e. The van der Waals surface area contributed by atoms with Crippen molar-refractivity contribution >= 4 is 28.9 Å². The minimum absolute atomic E-state index is 0.205. The van der Waals surface area contributed by atoms with E-state index in [-0.39, 0.29) is 18.9 Å². The lowest BCUT2D eigenvalue weighted by Crippen LogP contribution is -2.40. The molecule has 28 heavy (non-hydrogen) atoms. The molecule has 0 N–H and O–H groups in total. The van der Waals surface area contributed by atoms with Crippen LogP contribution in [0.5, 0.6) is 0 Å². The molecule has 146 valence electrons. The first kappa shape index (κ1) is 20.1. The first-order valence-electron chi connectivity index (χ1n) is 9.55. The highest BCUT2D eigenvalue weighted by atomic mass is 32.1. The monoisotopic (exact) mass is 396 g/mol. The Morgan fingerprint density at radius 1 is 1.36 bits per heavy atom. The third kappa shape index (κ3) is 4.60. The van der Waals surface area contributed by atoms with Gasteiger partial charge in [0, 0.05) is 17.1 Å². The number of benzene rings is 1. The molecule has 1 heterocycles. The number of ether oxygens (including phenoxy) is 1. The average Bonchev–Trinajstić information content (AvgIpc) is 3.12. The summed E-state index contributed by atoms with van der Waals surface area (Å²) < 4.78 is 5.48. The molecule has 0 saturated heterocycles. The van der Waals surface area contributed by atoms with E-state index in [9.17, 15) is 9.59 Å². The van der Waals surface area contributed by atoms with Gasteiger partial charge in [0.15, 0.2) is 6.10 Å². The maximum absolute atomic E-state index is 12.9. The predicted octanol–water partition coefficient (Wildman–Crippen LogP) is 4.37. The van der Waals surface area contributed by atoms with E-state index in [1.165, 1.54) is 26.7 Å². The molecule has 0 saturated carbocycles. The summed E-state index contributed by atoms with van der Waals surface area (Å²) in [4.78, 5) is 28.8. The fourth-order valence-corrected chi connectivity index (χ4v) is 4.52. The number of anilines is 1. The number of nitriles is 1. The summed E-state index contributed by atoms with van der Waals surface area (Å²) in [6.45, 7) is 4.06. The fourth-order valence-electron chi connectivity index (χ4n) is 3.43. The normalized spacial score (nSPS) is 16.5. The molecule has 0 radical (unpaired) electrons. The van der Waals surface area contributed by atoms with Crippen LogP contribution < -0.4 is 4.90 Å². The van der Waals surface area contributed by atoms with Crippen LogP contribution in [0.25, 0.3) is 0 Å². The molecule has 1 aromatic carbocycles. The molecular weight excluding hydrogens is 372 g/mol. The number of aryl methyl sites for hydroxylation is 1. The van der Waals surface area contributed by atoms with Gasteiger partial charge in [-0.05, 0) is 55.9 Å². The zero-order chi connectivity index (χ0) is 20.1. The summed E-state index contributed by atoms with van der Waals surface area (Å²) in [6.07, 6.45) is 2.41. The Labute approximate surface area is 169 Å². The van der Waals surface area contributed by atoms with Gasteiger partial charge in [-0.1, -0.05) is 25.1 Å². The number of esters is 1. The third-order valence-electron chi connectivity index (χ3n) is 4.94. The molecular formula is C22H24N2O3S. The van der Waals surface area contributed by atoms with Gasteiger partial charge >= 0.3 is 5.97 Å². The second-order valence-electron chi connectivity index (χ2n) is 7.19. The van der Waals surface area contributed by atoms with Gasteiger partial charge in [-0.3, -0.25) is 4.79 Å². The quantitative estimate of drug-likeness (QED) is 0.680. The van der Waals surface area contributed by atoms with E-state index in [0.717, 1.165) is 19.3 Å². The van der Waals surface area contributed by atoms with Gasteiger partial charge in [-0.15, -0.1) is 11.3 Å². The van der Waals surface area contributed by atoms with Crippen LogP contribution >= 0.6 is 11.3 Å². The molecule has 1 aliphatic carbocycles. The summed E-state index contributed by atoms with van der Waals surface area (Å²) in [5, 5.41) is 8.90. The van der Waals surface area contributed by atoms with E-state index < -0.39 is 12.1 Å². The smallest absolute Gasteiger partial charge is 0.349 e. The number of amides is 1. The van der Waals surface area contributed by atoms with Gasteiger partial charge < -0.3 is 9.64 Å². The molecule has 5 nitrogen and oxygen atoms in total. The van der Waals surface area contributed by atoms with Crippen molar-refractivity contribution < 1.29 is 14.3 Å². The van der Waals surface area contributed by atoms with E-state index in [1.54, 1.807) is 19.1 Å². The van der Waals surface area contributed by atoms with E-state index in [0.29, 0.717) is 16.5 Å². The fraction of sp³-hybridized carbons (Fsp3) is 0.409. The van der Waals surface area contributed by atoms with Crippen molar-refractivity contribution in [3.8, 4) is 6.07 Å². The average molecular weight is 397 g/mol. The summed E-state index contributed by atoms with van der Waals surface area (Å²) >= 11 is 1.48. The summed E-state index contributed by atoms with van der Waals surface area (Å²) in [5.41, 5.74) is 1.92. The van der Waals surface area contributed by atoms with Crippen LogP contribution in [-0.4, -0.2) is 24.5 Å². The van der Waals surface area contributed by atoms with Crippen LogP contribution in [0, 0.1) is 17.2 Å². The van der Waals surface area contributed by atoms with Gasteiger partial charge in [0.05, 0.1) is 12.5 Å². The van der Waals surface area contributed by atoms with Gasteiger partial charge in [0.25, 0.3) is 5.91 Å². The molecule has 1 amide bonds. The molecule has 6 heteroatoms. The first-order valence-corrected chi connectivity index (χ1v) is 10.4. The molecule has 2 aromatic rings. The minimum atomic E-state index is -0.926. The van der Waals surface area contributed by atoms with Crippen LogP contribution in [0.4, 0.5) is 5.69 Å². The first-order chi connectivity index (χ1) is 13.5. The van der Waals surface area contributed by atoms with Crippen molar-refractivity contribution in [2.24, 2.45) is 5.92 Å². The molecule has 2 atom stereocenters. The van der Waals surface area contributed by atoms with Crippen molar-refractivity contribution in [3.63, 3.8) is 0 Å². The number of hydrogen-bond donors (Lipinski definition) is 0. The Morgan fingerprint density at radius 2 is 2.11 bits per heavy atom. The molecule has 0 spiro atoms. The van der Waals surface area contributed by atoms with Crippen molar-refractivity contribution in [1.82, 2.24) is 0 Å². The second kappa shape index (κ2) is 9.03. The highest BCUT2D eigenvalue weighted by Gasteiger charge is 2.27. The molecule has 0 aliphatic heterocycles. The highest BCUT2D eigenvalue weighted by molar-refractivity contribution is 7.14. The lowest BCUT2D eigenvalue weighted by Gasteiger charge is -2.25. The van der Waals surface area contributed by atoms with Crippen LogP contribution in [0.3, 0.4) is 0 Å². The standard InChI is InChI=1S/C22H24N2O3S/c1-15-9-10-19-17(13-15)14-20(28-19)22(26)27-16(2)21(25)24(12-6-11-23)18-7-4-3-5-8-18/h3-5,7-8,14-16H,6,9-10,12-13H2,1-2H3/t15-,16-/m1/s1. The highest BCUT2D eigenvalue weighted by Crippen LogP contribution is 2.32. The third-order valence-corrected chi connectivity index (χ3v) is 6.16. The van der Waals surface area contributed by atoms with Crippen molar-refractivity contribution in [3.05, 3.63) is 51.7 Å². The lowest BCUT2D eigenvalue weighted by atomic mass is 9.90. The number of thiophene rings is 1. The maximum atomic E-state index is 12.9. The molecule has 1 aliphatic rings. The summed E-state index contributed by atoms with van der Waals surface area (Å²) in [7, 11) is 0. The molecule has 0 unspecified atom stereocenters. The number of rotatable bonds is 6. The van der Waals surface area contributed by atoms with Gasteiger partial charge in [-0.2, -0.15) is 5.26 Å². The van der Waals surface area contributed by atoms with Crippen LogP contribution in [0.2, 0.25) is 0 Å². The van der Waals surface area contributed by atoms with Gasteiger partial charge in [0.2, 0.25) is 0 Å². The van der Waals surface area contributed by atoms with Gasteiger partial charge in [0.1, 0.15) is 4.88 Å². The zero-order valence-corrected chi connectivity index (χ0v) is 17.0. The Bertz CT molecular complexity index is 885. The Kier molecular flexibility index (Phi) is 6.48. The Hall–Kier alpha value is -2.65. The largest absolute Gasteiger partial charge is 0.448 e. The van der Waals surface area contributed by atoms with Crippen molar-refractivity contribution in [2.75, 3.05) is 11.4 Å². The van der Waals surface area contributed by atoms with Crippen LogP contribution in [0.15, 0.2) is 36.4 Å².